The summed E-state index contributed by atoms with van der Waals surface area (Å²) < 4.78 is 5.23. The molecule has 0 N–H and O–H groups in total. The van der Waals surface area contributed by atoms with Gasteiger partial charge in [-0.05, 0) is 50.2 Å². The summed E-state index contributed by atoms with van der Waals surface area (Å²) in [7, 11) is 1.68. The van der Waals surface area contributed by atoms with Crippen molar-refractivity contribution in [3.63, 3.8) is 0 Å². The number of benzene rings is 1. The van der Waals surface area contributed by atoms with Crippen molar-refractivity contribution in [2.45, 2.75) is 13.8 Å². The maximum Gasteiger partial charge on any atom is 0.254 e. The molecule has 0 spiro atoms. The molecule has 2 aromatic rings. The Labute approximate surface area is 161 Å². The Balaban J connectivity index is 1.65. The molecule has 27 heavy (non-hydrogen) atoms. The SMILES string of the molecule is CCN(CC)C(=O)c1ccnc(N2CCN(c3ccc(OC)cc3)CC2)c1. The van der Waals surface area contributed by atoms with E-state index in [0.717, 1.165) is 37.7 Å². The van der Waals surface area contributed by atoms with E-state index in [4.69, 9.17) is 4.74 Å². The van der Waals surface area contributed by atoms with Crippen molar-refractivity contribution in [2.75, 3.05) is 56.2 Å². The molecule has 144 valence electrons. The van der Waals surface area contributed by atoms with Gasteiger partial charge < -0.3 is 19.4 Å². The molecule has 0 saturated carbocycles. The van der Waals surface area contributed by atoms with Crippen LogP contribution in [0.2, 0.25) is 0 Å². The number of carbonyl (C=O) groups is 1. The highest BCUT2D eigenvalue weighted by atomic mass is 16.5. The number of nitrogens with zero attached hydrogens (tertiary/aromatic N) is 4. The fraction of sp³-hybridized carbons (Fsp3) is 0.429. The molecule has 0 unspecified atom stereocenters. The van der Waals surface area contributed by atoms with E-state index in [0.29, 0.717) is 18.7 Å². The van der Waals surface area contributed by atoms with Crippen molar-refractivity contribution in [3.8, 4) is 5.75 Å². The van der Waals surface area contributed by atoms with Crippen LogP contribution >= 0.6 is 0 Å². The Morgan fingerprint density at radius 1 is 1.04 bits per heavy atom. The first-order valence-corrected chi connectivity index (χ1v) is 9.55. The fourth-order valence-corrected chi connectivity index (χ4v) is 3.40. The zero-order valence-electron chi connectivity index (χ0n) is 16.4. The molecular weight excluding hydrogens is 340 g/mol. The second-order valence-electron chi connectivity index (χ2n) is 6.55. The first-order chi connectivity index (χ1) is 13.2. The second-order valence-corrected chi connectivity index (χ2v) is 6.55. The van der Waals surface area contributed by atoms with Crippen LogP contribution in [0.15, 0.2) is 42.6 Å². The van der Waals surface area contributed by atoms with Gasteiger partial charge in [-0.2, -0.15) is 0 Å². The Hall–Kier alpha value is -2.76. The monoisotopic (exact) mass is 368 g/mol. The predicted molar refractivity (Wildman–Crippen MR) is 109 cm³/mol. The van der Waals surface area contributed by atoms with Gasteiger partial charge in [-0.3, -0.25) is 4.79 Å². The van der Waals surface area contributed by atoms with E-state index in [2.05, 4.69) is 26.9 Å². The van der Waals surface area contributed by atoms with E-state index in [-0.39, 0.29) is 5.91 Å². The van der Waals surface area contributed by atoms with E-state index in [9.17, 15) is 4.79 Å². The molecule has 1 aromatic carbocycles. The minimum atomic E-state index is 0.0699. The second kappa shape index (κ2) is 8.75. The molecule has 1 aromatic heterocycles. The Kier molecular flexibility index (Phi) is 6.16. The standard InChI is InChI=1S/C21H28N4O2/c1-4-23(5-2)21(26)17-10-11-22-20(16-17)25-14-12-24(13-15-25)18-6-8-19(27-3)9-7-18/h6-11,16H,4-5,12-15H2,1-3H3. The molecule has 1 saturated heterocycles. The van der Waals surface area contributed by atoms with Gasteiger partial charge in [0.1, 0.15) is 11.6 Å². The predicted octanol–water partition coefficient (Wildman–Crippen LogP) is 2.90. The Bertz CT molecular complexity index is 751. The fourth-order valence-electron chi connectivity index (χ4n) is 3.40. The van der Waals surface area contributed by atoms with E-state index >= 15 is 0 Å². The third-order valence-electron chi connectivity index (χ3n) is 5.08. The van der Waals surface area contributed by atoms with Crippen molar-refractivity contribution in [3.05, 3.63) is 48.2 Å². The van der Waals surface area contributed by atoms with Crippen LogP contribution in [0.5, 0.6) is 5.75 Å². The van der Waals surface area contributed by atoms with Crippen LogP contribution in [0.25, 0.3) is 0 Å². The zero-order valence-corrected chi connectivity index (χ0v) is 16.4. The van der Waals surface area contributed by atoms with Gasteiger partial charge in [0, 0.05) is 56.7 Å². The van der Waals surface area contributed by atoms with Crippen LogP contribution in [0, 0.1) is 0 Å². The van der Waals surface area contributed by atoms with Crippen molar-refractivity contribution in [2.24, 2.45) is 0 Å². The number of hydrogen-bond acceptors (Lipinski definition) is 5. The van der Waals surface area contributed by atoms with Crippen LogP contribution in [-0.2, 0) is 0 Å². The molecule has 1 aliphatic heterocycles. The minimum absolute atomic E-state index is 0.0699. The van der Waals surface area contributed by atoms with E-state index in [1.54, 1.807) is 19.4 Å². The lowest BCUT2D eigenvalue weighted by molar-refractivity contribution is 0.0773. The van der Waals surface area contributed by atoms with E-state index in [1.165, 1.54) is 5.69 Å². The van der Waals surface area contributed by atoms with Crippen LogP contribution in [0.4, 0.5) is 11.5 Å². The summed E-state index contributed by atoms with van der Waals surface area (Å²) in [6.45, 7) is 9.03. The largest absolute Gasteiger partial charge is 0.497 e. The average molecular weight is 368 g/mol. The summed E-state index contributed by atoms with van der Waals surface area (Å²) in [5, 5.41) is 0. The summed E-state index contributed by atoms with van der Waals surface area (Å²) >= 11 is 0. The van der Waals surface area contributed by atoms with Gasteiger partial charge in [0.25, 0.3) is 5.91 Å². The highest BCUT2D eigenvalue weighted by Gasteiger charge is 2.20. The number of hydrogen-bond donors (Lipinski definition) is 0. The highest BCUT2D eigenvalue weighted by molar-refractivity contribution is 5.94. The minimum Gasteiger partial charge on any atom is -0.497 e. The third kappa shape index (κ3) is 4.32. The number of carbonyl (C=O) groups excluding carboxylic acids is 1. The topological polar surface area (TPSA) is 48.9 Å². The number of rotatable bonds is 6. The summed E-state index contributed by atoms with van der Waals surface area (Å²) in [6, 6.07) is 11.9. The lowest BCUT2D eigenvalue weighted by atomic mass is 10.2. The Morgan fingerprint density at radius 2 is 1.67 bits per heavy atom. The number of pyridine rings is 1. The van der Waals surface area contributed by atoms with Gasteiger partial charge in [0.15, 0.2) is 0 Å². The quantitative estimate of drug-likeness (QED) is 0.785. The van der Waals surface area contributed by atoms with Gasteiger partial charge >= 0.3 is 0 Å². The molecule has 1 aliphatic rings. The lowest BCUT2D eigenvalue weighted by Crippen LogP contribution is -2.46. The molecule has 0 bridgehead atoms. The number of methoxy groups -OCH3 is 1. The van der Waals surface area contributed by atoms with Crippen molar-refractivity contribution in [1.82, 2.24) is 9.88 Å². The molecule has 6 heteroatoms. The smallest absolute Gasteiger partial charge is 0.254 e. The zero-order chi connectivity index (χ0) is 19.2. The highest BCUT2D eigenvalue weighted by Crippen LogP contribution is 2.22. The first-order valence-electron chi connectivity index (χ1n) is 9.55. The molecule has 1 fully saturated rings. The van der Waals surface area contributed by atoms with E-state index < -0.39 is 0 Å². The lowest BCUT2D eigenvalue weighted by Gasteiger charge is -2.37. The number of aromatic nitrogens is 1. The van der Waals surface area contributed by atoms with Crippen LogP contribution in [0.3, 0.4) is 0 Å². The van der Waals surface area contributed by atoms with Crippen LogP contribution < -0.4 is 14.5 Å². The molecular formula is C21H28N4O2. The van der Waals surface area contributed by atoms with Crippen molar-refractivity contribution >= 4 is 17.4 Å². The van der Waals surface area contributed by atoms with Crippen LogP contribution in [-0.4, -0.2) is 62.2 Å². The third-order valence-corrected chi connectivity index (χ3v) is 5.08. The number of amides is 1. The number of anilines is 2. The van der Waals surface area contributed by atoms with Gasteiger partial charge in [-0.1, -0.05) is 0 Å². The maximum absolute atomic E-state index is 12.6. The van der Waals surface area contributed by atoms with Crippen molar-refractivity contribution < 1.29 is 9.53 Å². The van der Waals surface area contributed by atoms with Crippen LogP contribution in [0.1, 0.15) is 24.2 Å². The summed E-state index contributed by atoms with van der Waals surface area (Å²) in [5.41, 5.74) is 1.91. The molecule has 2 heterocycles. The number of piperazine rings is 1. The Morgan fingerprint density at radius 3 is 2.26 bits per heavy atom. The van der Waals surface area contributed by atoms with Gasteiger partial charge in [0.05, 0.1) is 7.11 Å². The summed E-state index contributed by atoms with van der Waals surface area (Å²) in [4.78, 5) is 23.5. The van der Waals surface area contributed by atoms with Gasteiger partial charge in [0.2, 0.25) is 0 Å². The molecule has 0 aliphatic carbocycles. The molecule has 1 amide bonds. The molecule has 3 rings (SSSR count). The van der Waals surface area contributed by atoms with Gasteiger partial charge in [-0.25, -0.2) is 4.98 Å². The molecule has 0 atom stereocenters. The number of ether oxygens (including phenoxy) is 1. The molecule has 6 nitrogen and oxygen atoms in total. The van der Waals surface area contributed by atoms with Crippen molar-refractivity contribution in [1.29, 1.82) is 0 Å². The average Bonchev–Trinajstić information content (AvgIpc) is 2.75. The maximum atomic E-state index is 12.6. The normalized spacial score (nSPS) is 14.2. The molecule has 0 radical (unpaired) electrons. The van der Waals surface area contributed by atoms with E-state index in [1.807, 2.05) is 36.9 Å². The summed E-state index contributed by atoms with van der Waals surface area (Å²) in [5.74, 6) is 1.82. The first kappa shape index (κ1) is 19.0. The summed E-state index contributed by atoms with van der Waals surface area (Å²) in [6.07, 6.45) is 1.74. The van der Waals surface area contributed by atoms with Gasteiger partial charge in [-0.15, -0.1) is 0 Å².